The van der Waals surface area contributed by atoms with Crippen LogP contribution in [0.25, 0.3) is 10.1 Å². The average molecular weight is 242 g/mol. The lowest BCUT2D eigenvalue weighted by atomic mass is 10.2. The summed E-state index contributed by atoms with van der Waals surface area (Å²) in [6.45, 7) is 0. The molecule has 1 nitrogen and oxygen atoms in total. The Morgan fingerprint density at radius 2 is 2.21 bits per heavy atom. The van der Waals surface area contributed by atoms with Gasteiger partial charge >= 0.3 is 0 Å². The molecule has 0 N–H and O–H groups in total. The molecule has 74 valence electrons. The standard InChI is InChI=1S/C10H10OS3/c1-11-7-4-3-6-5-8(13-2)14-10(6)9(7)12/h3-5,12H,1-2H3. The molecule has 1 heterocycles. The highest BCUT2D eigenvalue weighted by molar-refractivity contribution is 8.00. The number of thioether (sulfide) groups is 1. The van der Waals surface area contributed by atoms with E-state index in [4.69, 9.17) is 4.74 Å². The molecule has 0 aliphatic rings. The summed E-state index contributed by atoms with van der Waals surface area (Å²) in [6.07, 6.45) is 2.08. The summed E-state index contributed by atoms with van der Waals surface area (Å²) in [7, 11) is 1.67. The zero-order valence-corrected chi connectivity index (χ0v) is 10.4. The molecule has 0 atom stereocenters. The number of benzene rings is 1. The Bertz CT molecular complexity index is 462. The molecule has 0 fully saturated rings. The largest absolute Gasteiger partial charge is 0.496 e. The van der Waals surface area contributed by atoms with Crippen LogP contribution in [-0.2, 0) is 0 Å². The molecular formula is C10H10OS3. The molecule has 1 aromatic heterocycles. The Morgan fingerprint density at radius 1 is 1.43 bits per heavy atom. The van der Waals surface area contributed by atoms with Crippen molar-refractivity contribution in [3.63, 3.8) is 0 Å². The second-order valence-corrected chi connectivity index (χ2v) is 5.41. The highest BCUT2D eigenvalue weighted by Gasteiger charge is 2.08. The third-order valence-electron chi connectivity index (χ3n) is 2.02. The highest BCUT2D eigenvalue weighted by atomic mass is 32.2. The molecule has 0 amide bonds. The van der Waals surface area contributed by atoms with Crippen LogP contribution in [0.1, 0.15) is 0 Å². The third-order valence-corrected chi connectivity index (χ3v) is 4.85. The number of rotatable bonds is 2. The lowest BCUT2D eigenvalue weighted by Crippen LogP contribution is -1.83. The van der Waals surface area contributed by atoms with Gasteiger partial charge < -0.3 is 4.74 Å². The summed E-state index contributed by atoms with van der Waals surface area (Å²) in [6, 6.07) is 6.22. The first kappa shape index (κ1) is 10.2. The van der Waals surface area contributed by atoms with Gasteiger partial charge in [0, 0.05) is 0 Å². The molecule has 0 saturated heterocycles. The summed E-state index contributed by atoms with van der Waals surface area (Å²) >= 11 is 7.99. The predicted molar refractivity (Wildman–Crippen MR) is 67.4 cm³/mol. The molecule has 0 bridgehead atoms. The van der Waals surface area contributed by atoms with Gasteiger partial charge in [0.1, 0.15) is 5.75 Å². The Labute approximate surface area is 96.9 Å². The number of fused-ring (bicyclic) bond motifs is 1. The van der Waals surface area contributed by atoms with Gasteiger partial charge in [-0.15, -0.1) is 35.7 Å². The average Bonchev–Trinajstić information content (AvgIpc) is 2.62. The number of hydrogen-bond donors (Lipinski definition) is 1. The van der Waals surface area contributed by atoms with Gasteiger partial charge in [-0.1, -0.05) is 0 Å². The molecule has 2 aromatic rings. The molecule has 1 aromatic carbocycles. The van der Waals surface area contributed by atoms with Crippen LogP contribution < -0.4 is 4.74 Å². The molecule has 0 unspecified atom stereocenters. The van der Waals surface area contributed by atoms with Crippen LogP contribution in [0.5, 0.6) is 5.75 Å². The number of ether oxygens (including phenoxy) is 1. The van der Waals surface area contributed by atoms with E-state index in [0.717, 1.165) is 10.6 Å². The van der Waals surface area contributed by atoms with Crippen molar-refractivity contribution in [2.75, 3.05) is 13.4 Å². The fourth-order valence-electron chi connectivity index (χ4n) is 1.31. The van der Waals surface area contributed by atoms with Gasteiger partial charge in [0.25, 0.3) is 0 Å². The van der Waals surface area contributed by atoms with Gasteiger partial charge in [0.2, 0.25) is 0 Å². The van der Waals surface area contributed by atoms with Crippen molar-refractivity contribution >= 4 is 45.8 Å². The summed E-state index contributed by atoms with van der Waals surface area (Å²) in [5.41, 5.74) is 0. The van der Waals surface area contributed by atoms with Crippen molar-refractivity contribution in [2.45, 2.75) is 9.10 Å². The number of methoxy groups -OCH3 is 1. The van der Waals surface area contributed by atoms with Crippen molar-refractivity contribution in [1.29, 1.82) is 0 Å². The van der Waals surface area contributed by atoms with Crippen LogP contribution in [0.2, 0.25) is 0 Å². The Balaban J connectivity index is 2.68. The van der Waals surface area contributed by atoms with E-state index in [9.17, 15) is 0 Å². The lowest BCUT2D eigenvalue weighted by Gasteiger charge is -2.03. The van der Waals surface area contributed by atoms with Crippen molar-refractivity contribution < 1.29 is 4.74 Å². The first-order valence-corrected chi connectivity index (χ1v) is 6.58. The molecule has 14 heavy (non-hydrogen) atoms. The predicted octanol–water partition coefficient (Wildman–Crippen LogP) is 3.92. The van der Waals surface area contributed by atoms with E-state index in [1.807, 2.05) is 6.07 Å². The van der Waals surface area contributed by atoms with E-state index in [1.165, 1.54) is 14.3 Å². The molecule has 0 aliphatic carbocycles. The molecule has 0 radical (unpaired) electrons. The van der Waals surface area contributed by atoms with Crippen molar-refractivity contribution in [2.24, 2.45) is 0 Å². The smallest absolute Gasteiger partial charge is 0.133 e. The highest BCUT2D eigenvalue weighted by Crippen LogP contribution is 2.39. The lowest BCUT2D eigenvalue weighted by molar-refractivity contribution is 0.406. The van der Waals surface area contributed by atoms with Gasteiger partial charge in [-0.2, -0.15) is 0 Å². The fourth-order valence-corrected chi connectivity index (χ4v) is 3.40. The summed E-state index contributed by atoms with van der Waals surface area (Å²) in [4.78, 5) is 0.940. The van der Waals surface area contributed by atoms with Crippen LogP contribution in [0.15, 0.2) is 27.3 Å². The first-order chi connectivity index (χ1) is 6.76. The Kier molecular flexibility index (Phi) is 2.95. The number of thiol groups is 1. The zero-order valence-electron chi connectivity index (χ0n) is 7.90. The van der Waals surface area contributed by atoms with E-state index in [1.54, 1.807) is 30.2 Å². The minimum absolute atomic E-state index is 0.843. The topological polar surface area (TPSA) is 9.23 Å². The molecule has 2 rings (SSSR count). The van der Waals surface area contributed by atoms with Crippen molar-refractivity contribution in [3.8, 4) is 5.75 Å². The molecule has 0 saturated carbocycles. The SMILES string of the molecule is COc1ccc2cc(SC)sc2c1S. The normalized spacial score (nSPS) is 10.8. The third kappa shape index (κ3) is 1.62. The fraction of sp³-hybridized carbons (Fsp3) is 0.200. The van der Waals surface area contributed by atoms with Crippen molar-refractivity contribution in [1.82, 2.24) is 0 Å². The molecular weight excluding hydrogens is 232 g/mol. The van der Waals surface area contributed by atoms with E-state index >= 15 is 0 Å². The van der Waals surface area contributed by atoms with Gasteiger partial charge in [-0.05, 0) is 29.8 Å². The maximum atomic E-state index is 5.22. The van der Waals surface area contributed by atoms with Gasteiger partial charge in [-0.25, -0.2) is 0 Å². The minimum atomic E-state index is 0.843. The maximum absolute atomic E-state index is 5.22. The van der Waals surface area contributed by atoms with E-state index < -0.39 is 0 Å². The van der Waals surface area contributed by atoms with Crippen LogP contribution in [0.4, 0.5) is 0 Å². The monoisotopic (exact) mass is 242 g/mol. The Hall–Kier alpha value is -0.320. The quantitative estimate of drug-likeness (QED) is 0.631. The zero-order chi connectivity index (χ0) is 10.1. The summed E-state index contributed by atoms with van der Waals surface area (Å²) in [5.74, 6) is 0.843. The van der Waals surface area contributed by atoms with Gasteiger partial charge in [0.15, 0.2) is 0 Å². The Morgan fingerprint density at radius 3 is 2.86 bits per heavy atom. The van der Waals surface area contributed by atoms with Crippen molar-refractivity contribution in [3.05, 3.63) is 18.2 Å². The second kappa shape index (κ2) is 4.04. The van der Waals surface area contributed by atoms with E-state index in [0.29, 0.717) is 0 Å². The summed E-state index contributed by atoms with van der Waals surface area (Å²) < 4.78 is 7.73. The van der Waals surface area contributed by atoms with E-state index in [2.05, 4.69) is 31.0 Å². The van der Waals surface area contributed by atoms with Crippen LogP contribution in [0.3, 0.4) is 0 Å². The first-order valence-electron chi connectivity index (χ1n) is 4.09. The summed E-state index contributed by atoms with van der Waals surface area (Å²) in [5, 5.41) is 1.24. The number of thiophene rings is 1. The molecule has 4 heteroatoms. The molecule has 0 spiro atoms. The van der Waals surface area contributed by atoms with Crippen LogP contribution in [0, 0.1) is 0 Å². The molecule has 0 aliphatic heterocycles. The maximum Gasteiger partial charge on any atom is 0.133 e. The number of hydrogen-bond acceptors (Lipinski definition) is 4. The second-order valence-electron chi connectivity index (χ2n) is 2.80. The van der Waals surface area contributed by atoms with Crippen LogP contribution >= 0.6 is 35.7 Å². The van der Waals surface area contributed by atoms with Gasteiger partial charge in [-0.3, -0.25) is 0 Å². The van der Waals surface area contributed by atoms with Gasteiger partial charge in [0.05, 0.1) is 20.9 Å². The van der Waals surface area contributed by atoms with Crippen LogP contribution in [-0.4, -0.2) is 13.4 Å². The van der Waals surface area contributed by atoms with E-state index in [-0.39, 0.29) is 0 Å². The minimum Gasteiger partial charge on any atom is -0.496 e.